The Bertz CT molecular complexity index is 1220. The zero-order chi connectivity index (χ0) is 23.0. The number of carbonyl (C=O) groups is 1. The van der Waals surface area contributed by atoms with Gasteiger partial charge in [0.1, 0.15) is 17.2 Å². The smallest absolute Gasteiger partial charge is 0.264 e. The number of benzene rings is 3. The van der Waals surface area contributed by atoms with Crippen molar-refractivity contribution in [1.82, 2.24) is 15.5 Å². The van der Waals surface area contributed by atoms with Crippen LogP contribution in [0.25, 0.3) is 11.4 Å². The van der Waals surface area contributed by atoms with Crippen LogP contribution in [0, 0.1) is 0 Å². The van der Waals surface area contributed by atoms with Gasteiger partial charge in [-0.2, -0.15) is 4.98 Å². The quantitative estimate of drug-likeness (QED) is 0.411. The lowest BCUT2D eigenvalue weighted by molar-refractivity contribution is 0.0945. The third kappa shape index (κ3) is 5.30. The standard InChI is InChI=1S/C25H23N3O5/c1-30-19-13-12-18(22(14-19)31-2)15-26-25(29)20-10-6-7-11-21(20)32-16-23-27-24(28-33-23)17-8-4-3-5-9-17/h3-14H,15-16H2,1-2H3,(H,26,29). The molecule has 1 amide bonds. The summed E-state index contributed by atoms with van der Waals surface area (Å²) in [6, 6.07) is 21.9. The van der Waals surface area contributed by atoms with Gasteiger partial charge in [0.05, 0.1) is 19.8 Å². The third-order valence-corrected chi connectivity index (χ3v) is 4.92. The minimum atomic E-state index is -0.279. The van der Waals surface area contributed by atoms with Crippen molar-refractivity contribution in [2.75, 3.05) is 14.2 Å². The maximum Gasteiger partial charge on any atom is 0.264 e. The Morgan fingerprint density at radius 3 is 2.52 bits per heavy atom. The number of para-hydroxylation sites is 1. The average Bonchev–Trinajstić information content (AvgIpc) is 3.35. The van der Waals surface area contributed by atoms with Crippen LogP contribution in [0.1, 0.15) is 21.8 Å². The molecule has 168 valence electrons. The predicted molar refractivity (Wildman–Crippen MR) is 121 cm³/mol. The molecule has 1 aromatic heterocycles. The summed E-state index contributed by atoms with van der Waals surface area (Å²) in [7, 11) is 3.16. The lowest BCUT2D eigenvalue weighted by Crippen LogP contribution is -2.23. The number of amides is 1. The zero-order valence-electron chi connectivity index (χ0n) is 18.3. The topological polar surface area (TPSA) is 95.7 Å². The van der Waals surface area contributed by atoms with Crippen LogP contribution in [-0.4, -0.2) is 30.3 Å². The lowest BCUT2D eigenvalue weighted by Gasteiger charge is -2.13. The van der Waals surface area contributed by atoms with Gasteiger partial charge in [-0.15, -0.1) is 0 Å². The molecule has 0 fully saturated rings. The SMILES string of the molecule is COc1ccc(CNC(=O)c2ccccc2OCc2nc(-c3ccccc3)no2)c(OC)c1. The Labute approximate surface area is 191 Å². The van der Waals surface area contributed by atoms with Gasteiger partial charge >= 0.3 is 0 Å². The Balaban J connectivity index is 1.41. The molecule has 0 aliphatic heterocycles. The third-order valence-electron chi connectivity index (χ3n) is 4.92. The van der Waals surface area contributed by atoms with E-state index in [-0.39, 0.29) is 19.1 Å². The highest BCUT2D eigenvalue weighted by Crippen LogP contribution is 2.25. The van der Waals surface area contributed by atoms with Gasteiger partial charge in [0.15, 0.2) is 6.61 Å². The molecule has 0 bridgehead atoms. The fraction of sp³-hybridized carbons (Fsp3) is 0.160. The summed E-state index contributed by atoms with van der Waals surface area (Å²) in [4.78, 5) is 17.2. The van der Waals surface area contributed by atoms with Crippen LogP contribution in [0.15, 0.2) is 77.3 Å². The summed E-state index contributed by atoms with van der Waals surface area (Å²) >= 11 is 0. The predicted octanol–water partition coefficient (Wildman–Crippen LogP) is 4.26. The lowest BCUT2D eigenvalue weighted by atomic mass is 10.1. The van der Waals surface area contributed by atoms with Gasteiger partial charge in [0.2, 0.25) is 5.82 Å². The second-order valence-electron chi connectivity index (χ2n) is 7.02. The maximum atomic E-state index is 12.9. The van der Waals surface area contributed by atoms with Gasteiger partial charge in [-0.1, -0.05) is 47.6 Å². The van der Waals surface area contributed by atoms with E-state index < -0.39 is 0 Å². The number of methoxy groups -OCH3 is 2. The van der Waals surface area contributed by atoms with Gasteiger partial charge in [-0.25, -0.2) is 0 Å². The zero-order valence-corrected chi connectivity index (χ0v) is 18.3. The second-order valence-corrected chi connectivity index (χ2v) is 7.02. The summed E-state index contributed by atoms with van der Waals surface area (Å²) in [6.45, 7) is 0.320. The highest BCUT2D eigenvalue weighted by molar-refractivity contribution is 5.96. The molecule has 0 saturated heterocycles. The second kappa shape index (κ2) is 10.3. The van der Waals surface area contributed by atoms with E-state index in [9.17, 15) is 4.79 Å². The van der Waals surface area contributed by atoms with Crippen LogP contribution in [-0.2, 0) is 13.2 Å². The molecule has 0 spiro atoms. The fourth-order valence-corrected chi connectivity index (χ4v) is 3.21. The van der Waals surface area contributed by atoms with Crippen LogP contribution in [0.5, 0.6) is 17.2 Å². The summed E-state index contributed by atoms with van der Waals surface area (Å²) in [5.41, 5.74) is 2.07. The van der Waals surface area contributed by atoms with E-state index in [1.807, 2.05) is 42.5 Å². The number of nitrogens with zero attached hydrogens (tertiary/aromatic N) is 2. The number of carbonyl (C=O) groups excluding carboxylic acids is 1. The van der Waals surface area contributed by atoms with Crippen molar-refractivity contribution >= 4 is 5.91 Å². The Morgan fingerprint density at radius 2 is 1.73 bits per heavy atom. The van der Waals surface area contributed by atoms with E-state index in [2.05, 4.69) is 15.5 Å². The molecule has 0 saturated carbocycles. The average molecular weight is 445 g/mol. The number of rotatable bonds is 9. The first kappa shape index (κ1) is 21.9. The molecule has 1 N–H and O–H groups in total. The van der Waals surface area contributed by atoms with Gasteiger partial charge < -0.3 is 24.1 Å². The van der Waals surface area contributed by atoms with Crippen molar-refractivity contribution in [1.29, 1.82) is 0 Å². The molecule has 4 rings (SSSR count). The van der Waals surface area contributed by atoms with E-state index >= 15 is 0 Å². The van der Waals surface area contributed by atoms with E-state index in [1.165, 1.54) is 0 Å². The minimum absolute atomic E-state index is 0.0381. The molecule has 0 aliphatic carbocycles. The summed E-state index contributed by atoms with van der Waals surface area (Å²) < 4.78 is 21.7. The monoisotopic (exact) mass is 445 g/mol. The number of aromatic nitrogens is 2. The van der Waals surface area contributed by atoms with Gasteiger partial charge in [-0.05, 0) is 24.3 Å². The number of ether oxygens (including phenoxy) is 3. The fourth-order valence-electron chi connectivity index (χ4n) is 3.21. The Hall–Kier alpha value is -4.33. The molecule has 33 heavy (non-hydrogen) atoms. The largest absolute Gasteiger partial charge is 0.497 e. The molecule has 1 heterocycles. The van der Waals surface area contributed by atoms with E-state index in [1.54, 1.807) is 44.6 Å². The molecular weight excluding hydrogens is 422 g/mol. The van der Waals surface area contributed by atoms with Crippen molar-refractivity contribution in [3.63, 3.8) is 0 Å². The van der Waals surface area contributed by atoms with Gasteiger partial charge in [-0.3, -0.25) is 4.79 Å². The highest BCUT2D eigenvalue weighted by atomic mass is 16.5. The molecule has 0 atom stereocenters. The number of hydrogen-bond donors (Lipinski definition) is 1. The first-order chi connectivity index (χ1) is 16.2. The Kier molecular flexibility index (Phi) is 6.84. The minimum Gasteiger partial charge on any atom is -0.497 e. The van der Waals surface area contributed by atoms with Crippen molar-refractivity contribution < 1.29 is 23.5 Å². The van der Waals surface area contributed by atoms with Crippen LogP contribution in [0.4, 0.5) is 0 Å². The van der Waals surface area contributed by atoms with Crippen molar-refractivity contribution in [2.45, 2.75) is 13.2 Å². The molecule has 8 nitrogen and oxygen atoms in total. The van der Waals surface area contributed by atoms with Gasteiger partial charge in [0.25, 0.3) is 11.8 Å². The van der Waals surface area contributed by atoms with E-state index in [4.69, 9.17) is 18.7 Å². The molecule has 0 radical (unpaired) electrons. The molecule has 8 heteroatoms. The molecular formula is C25H23N3O5. The number of hydrogen-bond acceptors (Lipinski definition) is 7. The first-order valence-corrected chi connectivity index (χ1v) is 10.3. The first-order valence-electron chi connectivity index (χ1n) is 10.3. The van der Waals surface area contributed by atoms with Crippen molar-refractivity contribution in [3.05, 3.63) is 89.8 Å². The molecule has 0 unspecified atom stereocenters. The summed E-state index contributed by atoms with van der Waals surface area (Å²) in [5.74, 6) is 2.23. The normalized spacial score (nSPS) is 10.5. The van der Waals surface area contributed by atoms with Gasteiger partial charge in [0, 0.05) is 23.7 Å². The molecule has 0 aliphatic rings. The maximum absolute atomic E-state index is 12.9. The van der Waals surface area contributed by atoms with Crippen LogP contribution in [0.2, 0.25) is 0 Å². The summed E-state index contributed by atoms with van der Waals surface area (Å²) in [5, 5.41) is 6.88. The highest BCUT2D eigenvalue weighted by Gasteiger charge is 2.15. The molecule has 3 aromatic carbocycles. The van der Waals surface area contributed by atoms with Crippen molar-refractivity contribution in [2.24, 2.45) is 0 Å². The van der Waals surface area contributed by atoms with E-state index in [0.717, 1.165) is 11.1 Å². The Morgan fingerprint density at radius 1 is 0.939 bits per heavy atom. The van der Waals surface area contributed by atoms with Crippen LogP contribution < -0.4 is 19.5 Å². The van der Waals surface area contributed by atoms with Crippen LogP contribution >= 0.6 is 0 Å². The van der Waals surface area contributed by atoms with Crippen molar-refractivity contribution in [3.8, 4) is 28.6 Å². The van der Waals surface area contributed by atoms with Crippen LogP contribution in [0.3, 0.4) is 0 Å². The molecule has 4 aromatic rings. The number of nitrogens with one attached hydrogen (secondary N) is 1. The van der Waals surface area contributed by atoms with E-state index in [0.29, 0.717) is 34.5 Å². The summed E-state index contributed by atoms with van der Waals surface area (Å²) in [6.07, 6.45) is 0.